The van der Waals surface area contributed by atoms with Crippen LogP contribution in [0.3, 0.4) is 0 Å². The molecular weight excluding hydrogens is 472 g/mol. The summed E-state index contributed by atoms with van der Waals surface area (Å²) in [6, 6.07) is 10.4. The molecule has 0 radical (unpaired) electrons. The lowest BCUT2D eigenvalue weighted by molar-refractivity contribution is -0.116. The van der Waals surface area contributed by atoms with Crippen molar-refractivity contribution in [3.8, 4) is 5.75 Å². The summed E-state index contributed by atoms with van der Waals surface area (Å²) in [6.45, 7) is 1.90. The van der Waals surface area contributed by atoms with E-state index in [1.165, 1.54) is 12.1 Å². The number of hydrogen-bond donors (Lipinski definition) is 1. The Morgan fingerprint density at radius 3 is 2.57 bits per heavy atom. The highest BCUT2D eigenvalue weighted by molar-refractivity contribution is 9.10. The first kappa shape index (κ1) is 20.6. The number of nitrogens with zero attached hydrogens (tertiary/aromatic N) is 1. The van der Waals surface area contributed by atoms with Crippen molar-refractivity contribution in [2.45, 2.75) is 18.2 Å². The van der Waals surface area contributed by atoms with Gasteiger partial charge >= 0.3 is 0 Å². The zero-order chi connectivity index (χ0) is 20.5. The lowest BCUT2D eigenvalue weighted by Gasteiger charge is -2.18. The molecule has 150 valence electrons. The number of rotatable bonds is 6. The summed E-state index contributed by atoms with van der Waals surface area (Å²) in [5.74, 6) is -0.859. The minimum Gasteiger partial charge on any atom is -0.492 e. The normalized spacial score (nSPS) is 16.2. The van der Waals surface area contributed by atoms with Crippen LogP contribution in [0.4, 0.5) is 11.4 Å². The maximum atomic E-state index is 13.0. The first-order valence-corrected chi connectivity index (χ1v) is 12.1. The molecule has 0 unspecified atom stereocenters. The fourth-order valence-electron chi connectivity index (χ4n) is 2.74. The van der Waals surface area contributed by atoms with Crippen LogP contribution < -0.4 is 13.8 Å². The number of benzene rings is 2. The first-order valence-electron chi connectivity index (χ1n) is 8.25. The van der Waals surface area contributed by atoms with Gasteiger partial charge in [-0.3, -0.25) is 9.52 Å². The number of carbonyl (C=O) groups excluding carboxylic acids is 1. The quantitative estimate of drug-likeness (QED) is 0.669. The number of carbonyl (C=O) groups is 1. The smallest absolute Gasteiger partial charge is 0.265 e. The lowest BCUT2D eigenvalue weighted by Crippen LogP contribution is -2.29. The summed E-state index contributed by atoms with van der Waals surface area (Å²) in [7, 11) is -7.94. The van der Waals surface area contributed by atoms with Crippen LogP contribution in [0.1, 0.15) is 13.3 Å². The van der Waals surface area contributed by atoms with Gasteiger partial charge < -0.3 is 4.74 Å². The first-order chi connectivity index (χ1) is 13.1. The zero-order valence-corrected chi connectivity index (χ0v) is 18.0. The second-order valence-electron chi connectivity index (χ2n) is 5.90. The van der Waals surface area contributed by atoms with E-state index in [0.29, 0.717) is 14.5 Å². The van der Waals surface area contributed by atoms with Crippen LogP contribution in [0, 0.1) is 0 Å². The van der Waals surface area contributed by atoms with Gasteiger partial charge in [0.05, 0.1) is 18.0 Å². The average molecular weight is 489 g/mol. The van der Waals surface area contributed by atoms with Crippen LogP contribution in [0.2, 0.25) is 0 Å². The van der Waals surface area contributed by atoms with Gasteiger partial charge in [0.15, 0.2) is 0 Å². The van der Waals surface area contributed by atoms with Gasteiger partial charge in [-0.25, -0.2) is 21.1 Å². The Labute approximate surface area is 171 Å². The number of anilines is 2. The SMILES string of the molecule is CCOc1ccc(N2C(=O)CCS2(=O)=O)cc1S(=O)(=O)Nc1cccc(Br)c1. The van der Waals surface area contributed by atoms with Gasteiger partial charge in [0.2, 0.25) is 15.9 Å². The predicted octanol–water partition coefficient (Wildman–Crippen LogP) is 2.72. The number of ether oxygens (including phenoxy) is 1. The molecule has 1 heterocycles. The van der Waals surface area contributed by atoms with Gasteiger partial charge in [0, 0.05) is 16.6 Å². The average Bonchev–Trinajstić information content (AvgIpc) is 2.88. The van der Waals surface area contributed by atoms with Crippen molar-refractivity contribution >= 4 is 53.3 Å². The van der Waals surface area contributed by atoms with Crippen LogP contribution >= 0.6 is 15.9 Å². The summed E-state index contributed by atoms with van der Waals surface area (Å²) in [5.41, 5.74) is 0.271. The second kappa shape index (κ2) is 7.72. The van der Waals surface area contributed by atoms with Gasteiger partial charge in [-0.15, -0.1) is 0 Å². The fraction of sp³-hybridized carbons (Fsp3) is 0.235. The molecule has 1 amide bonds. The van der Waals surface area contributed by atoms with Gasteiger partial charge in [0.25, 0.3) is 10.0 Å². The third-order valence-electron chi connectivity index (χ3n) is 3.91. The highest BCUT2D eigenvalue weighted by Crippen LogP contribution is 2.33. The molecule has 0 bridgehead atoms. The van der Waals surface area contributed by atoms with E-state index in [-0.39, 0.29) is 35.1 Å². The Hall–Kier alpha value is -2.11. The maximum Gasteiger partial charge on any atom is 0.265 e. The van der Waals surface area contributed by atoms with Crippen molar-refractivity contribution in [3.63, 3.8) is 0 Å². The number of amides is 1. The molecular formula is C17H17BrN2O6S2. The molecule has 8 nitrogen and oxygen atoms in total. The monoisotopic (exact) mass is 488 g/mol. The van der Waals surface area contributed by atoms with Crippen LogP contribution in [0.5, 0.6) is 5.75 Å². The molecule has 0 atom stereocenters. The topological polar surface area (TPSA) is 110 Å². The van der Waals surface area contributed by atoms with E-state index in [4.69, 9.17) is 4.74 Å². The van der Waals surface area contributed by atoms with E-state index in [0.717, 1.165) is 6.07 Å². The number of halogens is 1. The van der Waals surface area contributed by atoms with Crippen molar-refractivity contribution < 1.29 is 26.4 Å². The van der Waals surface area contributed by atoms with E-state index in [1.807, 2.05) is 0 Å². The molecule has 1 saturated heterocycles. The molecule has 0 saturated carbocycles. The Morgan fingerprint density at radius 1 is 1.21 bits per heavy atom. The second-order valence-corrected chi connectivity index (χ2v) is 10.4. The van der Waals surface area contributed by atoms with E-state index >= 15 is 0 Å². The Kier molecular flexibility index (Phi) is 5.69. The molecule has 0 aliphatic carbocycles. The predicted molar refractivity (Wildman–Crippen MR) is 108 cm³/mol. The van der Waals surface area contributed by atoms with Crippen LogP contribution in [0.15, 0.2) is 51.8 Å². The number of nitrogens with one attached hydrogen (secondary N) is 1. The van der Waals surface area contributed by atoms with Crippen molar-refractivity contribution in [1.29, 1.82) is 0 Å². The number of sulfonamides is 2. The molecule has 1 aliphatic rings. The van der Waals surface area contributed by atoms with E-state index in [9.17, 15) is 21.6 Å². The van der Waals surface area contributed by atoms with Gasteiger partial charge in [-0.2, -0.15) is 0 Å². The molecule has 2 aromatic carbocycles. The van der Waals surface area contributed by atoms with Crippen LogP contribution in [0.25, 0.3) is 0 Å². The summed E-state index contributed by atoms with van der Waals surface area (Å²) in [4.78, 5) is 11.8. The van der Waals surface area contributed by atoms with E-state index in [1.54, 1.807) is 31.2 Å². The van der Waals surface area contributed by atoms with Crippen molar-refractivity contribution in [1.82, 2.24) is 0 Å². The Bertz CT molecular complexity index is 1130. The number of hydrogen-bond acceptors (Lipinski definition) is 6. The molecule has 1 fully saturated rings. The van der Waals surface area contributed by atoms with E-state index in [2.05, 4.69) is 20.7 Å². The third-order valence-corrected chi connectivity index (χ3v) is 7.49. The molecule has 3 rings (SSSR count). The van der Waals surface area contributed by atoms with Gasteiger partial charge in [-0.1, -0.05) is 22.0 Å². The third kappa shape index (κ3) is 4.15. The van der Waals surface area contributed by atoms with Crippen molar-refractivity contribution in [2.24, 2.45) is 0 Å². The molecule has 2 aromatic rings. The molecule has 1 aliphatic heterocycles. The van der Waals surface area contributed by atoms with Crippen molar-refractivity contribution in [3.05, 3.63) is 46.9 Å². The summed E-state index contributed by atoms with van der Waals surface area (Å²) in [6.07, 6.45) is -0.145. The minimum atomic E-state index is -4.12. The Morgan fingerprint density at radius 2 is 1.96 bits per heavy atom. The summed E-state index contributed by atoms with van der Waals surface area (Å²) >= 11 is 3.27. The minimum absolute atomic E-state index is 0.0411. The standard InChI is InChI=1S/C17H17BrN2O6S2/c1-2-26-15-7-6-14(20-17(21)8-9-27(20,22)23)11-16(15)28(24,25)19-13-5-3-4-12(18)10-13/h3-7,10-11,19H,2,8-9H2,1H3. The molecule has 11 heteroatoms. The van der Waals surface area contributed by atoms with Crippen LogP contribution in [-0.2, 0) is 24.8 Å². The fourth-order valence-corrected chi connectivity index (χ4v) is 5.80. The molecule has 0 aromatic heterocycles. The highest BCUT2D eigenvalue weighted by atomic mass is 79.9. The molecule has 0 spiro atoms. The van der Waals surface area contributed by atoms with Crippen LogP contribution in [-0.4, -0.2) is 35.1 Å². The molecule has 28 heavy (non-hydrogen) atoms. The van der Waals surface area contributed by atoms with Gasteiger partial charge in [0.1, 0.15) is 10.6 Å². The largest absolute Gasteiger partial charge is 0.492 e. The highest BCUT2D eigenvalue weighted by Gasteiger charge is 2.37. The maximum absolute atomic E-state index is 13.0. The Balaban J connectivity index is 2.08. The molecule has 1 N–H and O–H groups in total. The van der Waals surface area contributed by atoms with E-state index < -0.39 is 26.0 Å². The van der Waals surface area contributed by atoms with Gasteiger partial charge in [-0.05, 0) is 43.3 Å². The zero-order valence-electron chi connectivity index (χ0n) is 14.8. The lowest BCUT2D eigenvalue weighted by atomic mass is 10.3. The summed E-state index contributed by atoms with van der Waals surface area (Å²) < 4.78 is 59.4. The van der Waals surface area contributed by atoms with Crippen molar-refractivity contribution in [2.75, 3.05) is 21.4 Å². The summed E-state index contributed by atoms with van der Waals surface area (Å²) in [5, 5.41) is 0.